The van der Waals surface area contributed by atoms with Gasteiger partial charge in [0.1, 0.15) is 11.6 Å². The van der Waals surface area contributed by atoms with Crippen molar-refractivity contribution in [2.24, 2.45) is 0 Å². The van der Waals surface area contributed by atoms with Crippen molar-refractivity contribution in [3.05, 3.63) is 80.1 Å². The summed E-state index contributed by atoms with van der Waals surface area (Å²) in [5.41, 5.74) is 5.52. The molecule has 1 aliphatic heterocycles. The number of para-hydroxylation sites is 1. The van der Waals surface area contributed by atoms with Gasteiger partial charge in [-0.1, -0.05) is 35.3 Å². The van der Waals surface area contributed by atoms with E-state index < -0.39 is 17.4 Å². The highest BCUT2D eigenvalue weighted by Gasteiger charge is 2.32. The molecule has 1 aromatic heterocycles. The average Bonchev–Trinajstić information content (AvgIpc) is 2.92. The van der Waals surface area contributed by atoms with Crippen LogP contribution in [0.4, 0.5) is 5.82 Å². The van der Waals surface area contributed by atoms with E-state index in [2.05, 4.69) is 5.32 Å². The van der Waals surface area contributed by atoms with Crippen molar-refractivity contribution >= 4 is 40.8 Å². The van der Waals surface area contributed by atoms with Gasteiger partial charge in [-0.2, -0.15) is 0 Å². The van der Waals surface area contributed by atoms with Crippen LogP contribution >= 0.6 is 23.2 Å². The van der Waals surface area contributed by atoms with Crippen LogP contribution in [0.15, 0.2) is 53.3 Å². The van der Waals surface area contributed by atoms with Gasteiger partial charge in [0.2, 0.25) is 0 Å². The van der Waals surface area contributed by atoms with E-state index in [0.29, 0.717) is 15.8 Å². The van der Waals surface area contributed by atoms with E-state index in [0.717, 1.165) is 10.6 Å². The molecule has 2 heterocycles. The number of hydrogen-bond donors (Lipinski definition) is 2. The second-order valence-corrected chi connectivity index (χ2v) is 6.76. The van der Waals surface area contributed by atoms with E-state index in [1.807, 2.05) is 0 Å². The Bertz CT molecular complexity index is 1220. The number of imide groups is 1. The van der Waals surface area contributed by atoms with Crippen molar-refractivity contribution in [1.82, 2.24) is 9.88 Å². The predicted octanol–water partition coefficient (Wildman–Crippen LogP) is 3.40. The molecule has 0 radical (unpaired) electrons. The first kappa shape index (κ1) is 18.1. The summed E-state index contributed by atoms with van der Waals surface area (Å²) in [4.78, 5) is 36.6. The number of nitrogens with one attached hydrogen (secondary N) is 1. The lowest BCUT2D eigenvalue weighted by Crippen LogP contribution is -2.24. The van der Waals surface area contributed by atoms with E-state index in [-0.39, 0.29) is 28.4 Å². The van der Waals surface area contributed by atoms with Crippen molar-refractivity contribution in [3.8, 4) is 17.2 Å². The minimum absolute atomic E-state index is 0.0700. The molecule has 3 N–H and O–H groups in total. The van der Waals surface area contributed by atoms with Crippen LogP contribution in [0.25, 0.3) is 5.69 Å². The highest BCUT2D eigenvalue weighted by atomic mass is 35.5. The maximum Gasteiger partial charge on any atom is 0.262 e. The Morgan fingerprint density at radius 2 is 1.68 bits per heavy atom. The van der Waals surface area contributed by atoms with Gasteiger partial charge < -0.3 is 10.5 Å². The van der Waals surface area contributed by atoms with Crippen molar-refractivity contribution in [1.29, 1.82) is 0 Å². The van der Waals surface area contributed by atoms with Crippen LogP contribution in [0, 0.1) is 0 Å². The van der Waals surface area contributed by atoms with Crippen LogP contribution in [0.1, 0.15) is 20.7 Å². The standard InChI is InChI=1S/C19H11Cl2N3O4/c20-9-5-6-14(28-13-4-2-1-3-11(13)21)12(7-9)24-15(25)8-10-16(17(24)22)19(27)23-18(10)26/h1-8H,22H2,(H,23,26,27). The number of fused-ring (bicyclic) bond motifs is 1. The second kappa shape index (κ2) is 6.70. The third kappa shape index (κ3) is 2.90. The molecule has 0 saturated carbocycles. The summed E-state index contributed by atoms with van der Waals surface area (Å²) >= 11 is 12.2. The molecule has 2 amide bonds. The fourth-order valence-corrected chi connectivity index (χ4v) is 3.27. The number of anilines is 1. The first-order valence-electron chi connectivity index (χ1n) is 8.00. The molecule has 28 heavy (non-hydrogen) atoms. The fourth-order valence-electron chi connectivity index (χ4n) is 2.93. The number of nitrogen functional groups attached to an aromatic ring is 1. The molecule has 1 aliphatic rings. The van der Waals surface area contributed by atoms with E-state index in [4.69, 9.17) is 33.7 Å². The Balaban J connectivity index is 1.94. The largest absolute Gasteiger partial charge is 0.454 e. The van der Waals surface area contributed by atoms with Gasteiger partial charge in [-0.25, -0.2) is 0 Å². The Morgan fingerprint density at radius 1 is 0.929 bits per heavy atom. The molecule has 0 saturated heterocycles. The maximum absolute atomic E-state index is 12.7. The number of nitrogens with two attached hydrogens (primary N) is 1. The minimum atomic E-state index is -0.679. The van der Waals surface area contributed by atoms with Gasteiger partial charge in [0.05, 0.1) is 21.8 Å². The average molecular weight is 416 g/mol. The Kier molecular flexibility index (Phi) is 4.33. The molecule has 0 bridgehead atoms. The third-order valence-corrected chi connectivity index (χ3v) is 4.72. The summed E-state index contributed by atoms with van der Waals surface area (Å²) in [5.74, 6) is -0.960. The van der Waals surface area contributed by atoms with Crippen molar-refractivity contribution < 1.29 is 14.3 Å². The van der Waals surface area contributed by atoms with Gasteiger partial charge in [0.15, 0.2) is 5.75 Å². The number of pyridine rings is 1. The van der Waals surface area contributed by atoms with Crippen LogP contribution in [-0.2, 0) is 0 Å². The van der Waals surface area contributed by atoms with E-state index in [9.17, 15) is 14.4 Å². The van der Waals surface area contributed by atoms with Crippen molar-refractivity contribution in [3.63, 3.8) is 0 Å². The maximum atomic E-state index is 12.7. The quantitative estimate of drug-likeness (QED) is 0.637. The summed E-state index contributed by atoms with van der Waals surface area (Å²) in [6, 6.07) is 12.4. The van der Waals surface area contributed by atoms with Crippen LogP contribution in [0.3, 0.4) is 0 Å². The number of nitrogens with zero attached hydrogens (tertiary/aromatic N) is 1. The Hall–Kier alpha value is -3.29. The lowest BCUT2D eigenvalue weighted by atomic mass is 10.1. The fraction of sp³-hybridized carbons (Fsp3) is 0. The molecular weight excluding hydrogens is 405 g/mol. The van der Waals surface area contributed by atoms with E-state index >= 15 is 0 Å². The Morgan fingerprint density at radius 3 is 2.43 bits per heavy atom. The van der Waals surface area contributed by atoms with Crippen molar-refractivity contribution in [2.75, 3.05) is 5.73 Å². The normalized spacial score (nSPS) is 12.6. The topological polar surface area (TPSA) is 103 Å². The lowest BCUT2D eigenvalue weighted by Gasteiger charge is -2.17. The molecule has 0 atom stereocenters. The molecule has 0 fully saturated rings. The summed E-state index contributed by atoms with van der Waals surface area (Å²) in [7, 11) is 0. The zero-order valence-electron chi connectivity index (χ0n) is 14.0. The van der Waals surface area contributed by atoms with Crippen LogP contribution in [0.2, 0.25) is 10.0 Å². The molecule has 4 rings (SSSR count). The summed E-state index contributed by atoms with van der Waals surface area (Å²) in [6.07, 6.45) is 0. The SMILES string of the molecule is Nc1c2c(cc(=O)n1-c1cc(Cl)ccc1Oc1ccccc1Cl)C(=O)NC2=O. The number of carbonyl (C=O) groups excluding carboxylic acids is 2. The first-order valence-corrected chi connectivity index (χ1v) is 8.76. The van der Waals surface area contributed by atoms with E-state index in [1.165, 1.54) is 6.07 Å². The molecule has 0 spiro atoms. The van der Waals surface area contributed by atoms with Gasteiger partial charge in [0, 0.05) is 11.1 Å². The number of rotatable bonds is 3. The van der Waals surface area contributed by atoms with Crippen LogP contribution in [-0.4, -0.2) is 16.4 Å². The molecule has 2 aromatic carbocycles. The molecule has 140 valence electrons. The van der Waals surface area contributed by atoms with Crippen LogP contribution < -0.4 is 21.3 Å². The molecule has 7 nitrogen and oxygen atoms in total. The van der Waals surface area contributed by atoms with Gasteiger partial charge >= 0.3 is 0 Å². The minimum Gasteiger partial charge on any atom is -0.454 e. The van der Waals surface area contributed by atoms with Crippen molar-refractivity contribution in [2.45, 2.75) is 0 Å². The van der Waals surface area contributed by atoms with Gasteiger partial charge in [-0.15, -0.1) is 0 Å². The molecule has 9 heteroatoms. The third-order valence-electron chi connectivity index (χ3n) is 4.17. The summed E-state index contributed by atoms with van der Waals surface area (Å²) in [5, 5.41) is 2.79. The number of carbonyl (C=O) groups is 2. The number of aromatic nitrogens is 1. The van der Waals surface area contributed by atoms with E-state index in [1.54, 1.807) is 36.4 Å². The lowest BCUT2D eigenvalue weighted by molar-refractivity contribution is 0.0880. The number of benzene rings is 2. The number of amides is 2. The number of halogens is 2. The highest BCUT2D eigenvalue weighted by Crippen LogP contribution is 2.35. The summed E-state index contributed by atoms with van der Waals surface area (Å²) < 4.78 is 6.92. The number of hydrogen-bond acceptors (Lipinski definition) is 5. The monoisotopic (exact) mass is 415 g/mol. The van der Waals surface area contributed by atoms with Gasteiger partial charge in [0.25, 0.3) is 17.4 Å². The molecular formula is C19H11Cl2N3O4. The second-order valence-electron chi connectivity index (χ2n) is 5.92. The van der Waals surface area contributed by atoms with Crippen LogP contribution in [0.5, 0.6) is 11.5 Å². The zero-order valence-corrected chi connectivity index (χ0v) is 15.5. The smallest absolute Gasteiger partial charge is 0.262 e. The zero-order chi connectivity index (χ0) is 20.0. The first-order chi connectivity index (χ1) is 13.4. The van der Waals surface area contributed by atoms with Gasteiger partial charge in [-0.05, 0) is 30.3 Å². The predicted molar refractivity (Wildman–Crippen MR) is 105 cm³/mol. The molecule has 0 aliphatic carbocycles. The van der Waals surface area contributed by atoms with Gasteiger partial charge in [-0.3, -0.25) is 24.3 Å². The Labute approximate surface area is 168 Å². The summed E-state index contributed by atoms with van der Waals surface area (Å²) in [6.45, 7) is 0. The molecule has 3 aromatic rings. The number of ether oxygens (including phenoxy) is 1. The highest BCUT2D eigenvalue weighted by molar-refractivity contribution is 6.32. The molecule has 0 unspecified atom stereocenters.